The van der Waals surface area contributed by atoms with Gasteiger partial charge in [-0.15, -0.1) is 0 Å². The first-order valence-corrected chi connectivity index (χ1v) is 8.20. The molecule has 136 valence electrons. The second-order valence-corrected chi connectivity index (χ2v) is 6.32. The maximum Gasteiger partial charge on any atom is 0.416 e. The van der Waals surface area contributed by atoms with Gasteiger partial charge in [0.15, 0.2) is 0 Å². The first kappa shape index (κ1) is 18.3. The van der Waals surface area contributed by atoms with Crippen molar-refractivity contribution in [2.45, 2.75) is 25.1 Å². The number of rotatable bonds is 3. The summed E-state index contributed by atoms with van der Waals surface area (Å²) in [6, 6.07) is 7.34. The third kappa shape index (κ3) is 3.99. The van der Waals surface area contributed by atoms with Crippen LogP contribution in [0.2, 0.25) is 5.02 Å². The second-order valence-electron chi connectivity index (χ2n) is 5.92. The van der Waals surface area contributed by atoms with Crippen molar-refractivity contribution in [2.24, 2.45) is 0 Å². The van der Waals surface area contributed by atoms with E-state index in [2.05, 4.69) is 10.3 Å². The third-order valence-corrected chi connectivity index (χ3v) is 4.37. The summed E-state index contributed by atoms with van der Waals surface area (Å²) < 4.78 is 38.4. The van der Waals surface area contributed by atoms with Gasteiger partial charge in [0.25, 0.3) is 5.56 Å². The first-order chi connectivity index (χ1) is 12.2. The van der Waals surface area contributed by atoms with Crippen LogP contribution in [0.5, 0.6) is 0 Å². The molecular formula is C18H14ClF3N2O2. The Kier molecular flexibility index (Phi) is 4.91. The summed E-state index contributed by atoms with van der Waals surface area (Å²) in [7, 11) is 0. The molecule has 0 unspecified atom stereocenters. The lowest BCUT2D eigenvalue weighted by atomic mass is 9.98. The molecule has 0 spiro atoms. The molecule has 2 aromatic rings. The number of alkyl halides is 3. The Morgan fingerprint density at radius 2 is 1.81 bits per heavy atom. The Morgan fingerprint density at radius 1 is 1.12 bits per heavy atom. The van der Waals surface area contributed by atoms with Crippen LogP contribution < -0.4 is 10.9 Å². The van der Waals surface area contributed by atoms with Crippen LogP contribution in [0.15, 0.2) is 47.3 Å². The molecule has 1 amide bonds. The van der Waals surface area contributed by atoms with Crippen LogP contribution in [0, 0.1) is 0 Å². The molecule has 8 heteroatoms. The zero-order valence-electron chi connectivity index (χ0n) is 13.4. The Labute approximate surface area is 151 Å². The highest BCUT2D eigenvalue weighted by Gasteiger charge is 2.30. The fourth-order valence-electron chi connectivity index (χ4n) is 2.76. The highest BCUT2D eigenvalue weighted by atomic mass is 35.5. The lowest BCUT2D eigenvalue weighted by Crippen LogP contribution is -2.23. The summed E-state index contributed by atoms with van der Waals surface area (Å²) in [5.41, 5.74) is 0.133. The number of benzene rings is 1. The maximum absolute atomic E-state index is 12.8. The van der Waals surface area contributed by atoms with Crippen LogP contribution >= 0.6 is 11.6 Å². The first-order valence-electron chi connectivity index (χ1n) is 7.82. The molecule has 4 nitrogen and oxygen atoms in total. The molecule has 2 N–H and O–H groups in total. The van der Waals surface area contributed by atoms with Gasteiger partial charge in [-0.3, -0.25) is 9.59 Å². The lowest BCUT2D eigenvalue weighted by Gasteiger charge is -2.13. The van der Waals surface area contributed by atoms with Crippen LogP contribution in [0.1, 0.15) is 29.7 Å². The second kappa shape index (κ2) is 6.99. The maximum atomic E-state index is 12.8. The van der Waals surface area contributed by atoms with Crippen molar-refractivity contribution >= 4 is 23.1 Å². The van der Waals surface area contributed by atoms with E-state index in [0.29, 0.717) is 29.7 Å². The largest absolute Gasteiger partial charge is 0.416 e. The number of aromatic amines is 1. The molecule has 0 bridgehead atoms. The zero-order valence-corrected chi connectivity index (χ0v) is 14.1. The molecule has 1 aromatic heterocycles. The van der Waals surface area contributed by atoms with Crippen LogP contribution in [-0.2, 0) is 11.0 Å². The molecule has 0 saturated carbocycles. The van der Waals surface area contributed by atoms with Crippen LogP contribution in [-0.4, -0.2) is 16.9 Å². The number of aromatic nitrogens is 1. The predicted molar refractivity (Wildman–Crippen MR) is 91.8 cm³/mol. The molecule has 2 heterocycles. The van der Waals surface area contributed by atoms with Gasteiger partial charge in [0, 0.05) is 23.7 Å². The summed E-state index contributed by atoms with van der Waals surface area (Å²) >= 11 is 5.75. The van der Waals surface area contributed by atoms with Crippen LogP contribution in [0.3, 0.4) is 0 Å². The number of H-pyrrole nitrogens is 1. The highest BCUT2D eigenvalue weighted by molar-refractivity contribution is 6.30. The molecule has 26 heavy (non-hydrogen) atoms. The molecule has 1 atom stereocenters. The van der Waals surface area contributed by atoms with Crippen molar-refractivity contribution < 1.29 is 18.0 Å². The van der Waals surface area contributed by atoms with E-state index < -0.39 is 17.3 Å². The fraction of sp³-hybridized carbons (Fsp3) is 0.222. The topological polar surface area (TPSA) is 62.0 Å². The highest BCUT2D eigenvalue weighted by Crippen LogP contribution is 2.31. The van der Waals surface area contributed by atoms with Gasteiger partial charge in [-0.1, -0.05) is 29.8 Å². The van der Waals surface area contributed by atoms with Crippen molar-refractivity contribution in [3.05, 3.63) is 74.7 Å². The van der Waals surface area contributed by atoms with Gasteiger partial charge < -0.3 is 10.3 Å². The Hall–Kier alpha value is -2.54. The SMILES string of the molecule is O=C1CC[C@H](/C=C(/c2ccc(C(F)(F)F)cc2)c2ccc(Cl)c(=O)[nH]2)N1. The average Bonchev–Trinajstić information content (AvgIpc) is 3.00. The molecule has 1 fully saturated rings. The van der Waals surface area contributed by atoms with E-state index in [0.717, 1.165) is 12.1 Å². The van der Waals surface area contributed by atoms with Gasteiger partial charge in [0.05, 0.1) is 5.56 Å². The Morgan fingerprint density at radius 3 is 2.35 bits per heavy atom. The van der Waals surface area contributed by atoms with E-state index in [1.54, 1.807) is 12.1 Å². The van der Waals surface area contributed by atoms with E-state index in [1.807, 2.05) is 0 Å². The Balaban J connectivity index is 2.05. The summed E-state index contributed by atoms with van der Waals surface area (Å²) in [6.07, 6.45) is -1.76. The summed E-state index contributed by atoms with van der Waals surface area (Å²) in [5.74, 6) is -0.0948. The molecule has 0 aliphatic carbocycles. The molecule has 1 aliphatic rings. The number of carbonyl (C=O) groups excluding carboxylic acids is 1. The smallest absolute Gasteiger partial charge is 0.350 e. The lowest BCUT2D eigenvalue weighted by molar-refractivity contribution is -0.137. The number of hydrogen-bond acceptors (Lipinski definition) is 2. The molecule has 1 aromatic carbocycles. The van der Waals surface area contributed by atoms with Gasteiger partial charge in [-0.2, -0.15) is 13.2 Å². The van der Waals surface area contributed by atoms with Crippen molar-refractivity contribution in [1.29, 1.82) is 0 Å². The van der Waals surface area contributed by atoms with E-state index in [4.69, 9.17) is 11.6 Å². The normalized spacial score (nSPS) is 18.1. The van der Waals surface area contributed by atoms with E-state index in [-0.39, 0.29) is 17.0 Å². The number of hydrogen-bond donors (Lipinski definition) is 2. The van der Waals surface area contributed by atoms with Crippen molar-refractivity contribution in [2.75, 3.05) is 0 Å². The summed E-state index contributed by atoms with van der Waals surface area (Å²) in [4.78, 5) is 25.9. The number of carbonyl (C=O) groups is 1. The van der Waals surface area contributed by atoms with Crippen molar-refractivity contribution in [3.63, 3.8) is 0 Å². The van der Waals surface area contributed by atoms with E-state index in [9.17, 15) is 22.8 Å². The Bertz CT molecular complexity index is 917. The van der Waals surface area contributed by atoms with Gasteiger partial charge in [0.2, 0.25) is 5.91 Å². The van der Waals surface area contributed by atoms with Gasteiger partial charge in [0.1, 0.15) is 5.02 Å². The average molecular weight is 383 g/mol. The standard InChI is InChI=1S/C18H14ClF3N2O2/c19-14-6-7-15(24-17(14)26)13(9-12-5-8-16(25)23-12)10-1-3-11(4-2-10)18(20,21)22/h1-4,6-7,9,12H,5,8H2,(H,23,25)(H,24,26)/b13-9-/t12-/m1/s1. The molecule has 0 radical (unpaired) electrons. The summed E-state index contributed by atoms with van der Waals surface area (Å²) in [6.45, 7) is 0. The predicted octanol–water partition coefficient (Wildman–Crippen LogP) is 3.76. The minimum atomic E-state index is -4.43. The minimum Gasteiger partial charge on any atom is -0.350 e. The number of nitrogens with one attached hydrogen (secondary N) is 2. The molecule has 3 rings (SSSR count). The van der Waals surface area contributed by atoms with Gasteiger partial charge >= 0.3 is 6.18 Å². The van der Waals surface area contributed by atoms with E-state index in [1.165, 1.54) is 18.2 Å². The van der Waals surface area contributed by atoms with Crippen molar-refractivity contribution in [3.8, 4) is 0 Å². The van der Waals surface area contributed by atoms with E-state index >= 15 is 0 Å². The molecule has 1 saturated heterocycles. The quantitative estimate of drug-likeness (QED) is 0.849. The third-order valence-electron chi connectivity index (χ3n) is 4.07. The van der Waals surface area contributed by atoms with Crippen molar-refractivity contribution in [1.82, 2.24) is 10.3 Å². The minimum absolute atomic E-state index is 0.00897. The monoisotopic (exact) mass is 382 g/mol. The number of amides is 1. The van der Waals surface area contributed by atoms with Crippen LogP contribution in [0.4, 0.5) is 13.2 Å². The van der Waals surface area contributed by atoms with Gasteiger partial charge in [-0.05, 0) is 36.2 Å². The number of pyridine rings is 1. The number of halogens is 4. The molecule has 1 aliphatic heterocycles. The van der Waals surface area contributed by atoms with Crippen LogP contribution in [0.25, 0.3) is 5.57 Å². The summed E-state index contributed by atoms with van der Waals surface area (Å²) in [5, 5.41) is 2.78. The fourth-order valence-corrected chi connectivity index (χ4v) is 2.87. The zero-order chi connectivity index (χ0) is 18.9. The van der Waals surface area contributed by atoms with Gasteiger partial charge in [-0.25, -0.2) is 0 Å². The molecular weight excluding hydrogens is 369 g/mol.